The van der Waals surface area contributed by atoms with Gasteiger partial charge in [-0.1, -0.05) is 29.8 Å². The number of carbonyl (C=O) groups excluding carboxylic acids is 3. The monoisotopic (exact) mass is 503 g/mol. The van der Waals surface area contributed by atoms with E-state index in [0.29, 0.717) is 33.3 Å². The second-order valence-corrected chi connectivity index (χ2v) is 8.45. The van der Waals surface area contributed by atoms with Gasteiger partial charge in [-0.2, -0.15) is 5.26 Å². The number of nitrogens with zero attached hydrogens (tertiary/aromatic N) is 3. The molecule has 1 unspecified atom stereocenters. The highest BCUT2D eigenvalue weighted by atomic mass is 35.5. The molecule has 182 valence electrons. The lowest BCUT2D eigenvalue weighted by Crippen LogP contribution is -2.45. The van der Waals surface area contributed by atoms with Crippen LogP contribution in [-0.4, -0.2) is 42.9 Å². The molecule has 3 amide bonds. The minimum atomic E-state index is -1.05. The summed E-state index contributed by atoms with van der Waals surface area (Å²) in [4.78, 5) is 42.6. The molecule has 3 aromatic rings. The second-order valence-electron chi connectivity index (χ2n) is 8.04. The number of nitriles is 1. The van der Waals surface area contributed by atoms with Crippen LogP contribution in [0.3, 0.4) is 0 Å². The summed E-state index contributed by atoms with van der Waals surface area (Å²) in [5.41, 5.74) is 1.63. The van der Waals surface area contributed by atoms with Gasteiger partial charge >= 0.3 is 0 Å². The van der Waals surface area contributed by atoms with Crippen molar-refractivity contribution in [2.75, 3.05) is 19.1 Å². The Kier molecular flexibility index (Phi) is 7.23. The van der Waals surface area contributed by atoms with E-state index >= 15 is 0 Å². The number of imide groups is 1. The zero-order valence-corrected chi connectivity index (χ0v) is 20.4. The first kappa shape index (κ1) is 24.8. The van der Waals surface area contributed by atoms with E-state index in [2.05, 4.69) is 0 Å². The Labute approximate surface area is 213 Å². The first-order chi connectivity index (χ1) is 17.4. The Morgan fingerprint density at radius 2 is 1.75 bits per heavy atom. The standard InChI is InChI=1S/C27H22ClN3O5/c1-35-23-12-9-18(13-24(23)36-2)26(33)30(16-19-5-3-4-6-21(19)28)22-14-25(32)31(27(22)34)20-10-7-17(15-29)8-11-20/h3-13,22H,14,16H2,1-2H3. The highest BCUT2D eigenvalue weighted by Gasteiger charge is 2.44. The molecule has 0 saturated carbocycles. The van der Waals surface area contributed by atoms with E-state index in [1.807, 2.05) is 6.07 Å². The van der Waals surface area contributed by atoms with Crippen LogP contribution in [0.1, 0.15) is 27.9 Å². The topological polar surface area (TPSA) is 99.9 Å². The number of carbonyl (C=O) groups is 3. The van der Waals surface area contributed by atoms with Gasteiger partial charge in [0.25, 0.3) is 11.8 Å². The summed E-state index contributed by atoms with van der Waals surface area (Å²) >= 11 is 6.37. The molecule has 0 bridgehead atoms. The lowest BCUT2D eigenvalue weighted by Gasteiger charge is -2.28. The highest BCUT2D eigenvalue weighted by molar-refractivity contribution is 6.31. The van der Waals surface area contributed by atoms with E-state index in [0.717, 1.165) is 4.90 Å². The molecule has 1 aliphatic rings. The fraction of sp³-hybridized carbons (Fsp3) is 0.185. The molecule has 0 spiro atoms. The summed E-state index contributed by atoms with van der Waals surface area (Å²) in [6.45, 7) is 0.0117. The van der Waals surface area contributed by atoms with Crippen LogP contribution in [0.5, 0.6) is 11.5 Å². The smallest absolute Gasteiger partial charge is 0.257 e. The van der Waals surface area contributed by atoms with Gasteiger partial charge in [-0.15, -0.1) is 0 Å². The number of hydrogen-bond acceptors (Lipinski definition) is 6. The summed E-state index contributed by atoms with van der Waals surface area (Å²) in [5.74, 6) is -0.645. The molecule has 0 radical (unpaired) electrons. The first-order valence-corrected chi connectivity index (χ1v) is 11.4. The van der Waals surface area contributed by atoms with Gasteiger partial charge < -0.3 is 14.4 Å². The number of rotatable bonds is 7. The van der Waals surface area contributed by atoms with Crippen LogP contribution in [0.15, 0.2) is 66.7 Å². The Bertz CT molecular complexity index is 1370. The van der Waals surface area contributed by atoms with Crippen LogP contribution in [-0.2, 0) is 16.1 Å². The van der Waals surface area contributed by atoms with Crippen molar-refractivity contribution in [2.24, 2.45) is 0 Å². The molecule has 8 nitrogen and oxygen atoms in total. The van der Waals surface area contributed by atoms with Crippen molar-refractivity contribution in [3.05, 3.63) is 88.4 Å². The first-order valence-electron chi connectivity index (χ1n) is 11.0. The molecule has 1 heterocycles. The summed E-state index contributed by atoms with van der Waals surface area (Å²) in [5, 5.41) is 9.48. The van der Waals surface area contributed by atoms with Crippen LogP contribution < -0.4 is 14.4 Å². The zero-order chi connectivity index (χ0) is 25.8. The molecule has 36 heavy (non-hydrogen) atoms. The molecule has 1 aliphatic heterocycles. The maximum Gasteiger partial charge on any atom is 0.257 e. The van der Waals surface area contributed by atoms with E-state index in [1.165, 1.54) is 49.5 Å². The van der Waals surface area contributed by atoms with Gasteiger partial charge in [-0.25, -0.2) is 4.90 Å². The van der Waals surface area contributed by atoms with Gasteiger partial charge in [0.1, 0.15) is 6.04 Å². The van der Waals surface area contributed by atoms with E-state index in [9.17, 15) is 14.4 Å². The maximum absolute atomic E-state index is 13.8. The Balaban J connectivity index is 1.72. The normalized spacial score (nSPS) is 14.9. The third kappa shape index (κ3) is 4.74. The van der Waals surface area contributed by atoms with Gasteiger partial charge in [0.05, 0.1) is 38.0 Å². The number of methoxy groups -OCH3 is 2. The predicted octanol–water partition coefficient (Wildman–Crippen LogP) is 4.20. The van der Waals surface area contributed by atoms with Crippen molar-refractivity contribution >= 4 is 35.0 Å². The average Bonchev–Trinajstić information content (AvgIpc) is 3.20. The van der Waals surface area contributed by atoms with Gasteiger partial charge in [0.2, 0.25) is 5.91 Å². The largest absolute Gasteiger partial charge is 0.493 e. The maximum atomic E-state index is 13.8. The quantitative estimate of drug-likeness (QED) is 0.448. The molecule has 0 N–H and O–H groups in total. The predicted molar refractivity (Wildman–Crippen MR) is 133 cm³/mol. The number of amides is 3. The minimum Gasteiger partial charge on any atom is -0.493 e. The number of benzene rings is 3. The molecular weight excluding hydrogens is 482 g/mol. The van der Waals surface area contributed by atoms with Crippen molar-refractivity contribution in [1.82, 2.24) is 4.90 Å². The third-order valence-corrected chi connectivity index (χ3v) is 6.31. The Morgan fingerprint density at radius 1 is 1.06 bits per heavy atom. The van der Waals surface area contributed by atoms with Gasteiger partial charge in [-0.05, 0) is 54.1 Å². The van der Waals surface area contributed by atoms with Gasteiger partial charge in [0, 0.05) is 17.1 Å². The van der Waals surface area contributed by atoms with Crippen LogP contribution in [0.25, 0.3) is 0 Å². The molecule has 1 fully saturated rings. The summed E-state index contributed by atoms with van der Waals surface area (Å²) in [6.07, 6.45) is -0.192. The molecule has 0 aromatic heterocycles. The molecule has 3 aromatic carbocycles. The van der Waals surface area contributed by atoms with E-state index < -0.39 is 23.8 Å². The van der Waals surface area contributed by atoms with E-state index in [1.54, 1.807) is 36.4 Å². The van der Waals surface area contributed by atoms with E-state index in [-0.39, 0.29) is 18.5 Å². The number of ether oxygens (including phenoxy) is 2. The van der Waals surface area contributed by atoms with Gasteiger partial charge in [-0.3, -0.25) is 14.4 Å². The molecule has 4 rings (SSSR count). The number of halogens is 1. The molecule has 9 heteroatoms. The van der Waals surface area contributed by atoms with Crippen molar-refractivity contribution in [3.63, 3.8) is 0 Å². The molecule has 1 atom stereocenters. The van der Waals surface area contributed by atoms with Crippen LogP contribution >= 0.6 is 11.6 Å². The van der Waals surface area contributed by atoms with Crippen molar-refractivity contribution in [2.45, 2.75) is 19.0 Å². The summed E-state index contributed by atoms with van der Waals surface area (Å²) in [6, 6.07) is 18.8. The molecule has 0 aliphatic carbocycles. The Morgan fingerprint density at radius 3 is 2.39 bits per heavy atom. The molecule has 1 saturated heterocycles. The fourth-order valence-electron chi connectivity index (χ4n) is 4.08. The second kappa shape index (κ2) is 10.5. The van der Waals surface area contributed by atoms with E-state index in [4.69, 9.17) is 26.3 Å². The molecular formula is C27H22ClN3O5. The van der Waals surface area contributed by atoms with Crippen molar-refractivity contribution in [1.29, 1.82) is 5.26 Å². The average molecular weight is 504 g/mol. The zero-order valence-electron chi connectivity index (χ0n) is 19.6. The number of anilines is 1. The highest BCUT2D eigenvalue weighted by Crippen LogP contribution is 2.32. The Hall–Kier alpha value is -4.35. The third-order valence-electron chi connectivity index (χ3n) is 5.94. The number of hydrogen-bond donors (Lipinski definition) is 0. The lowest BCUT2D eigenvalue weighted by molar-refractivity contribution is -0.122. The fourth-order valence-corrected chi connectivity index (χ4v) is 4.28. The van der Waals surface area contributed by atoms with Crippen LogP contribution in [0, 0.1) is 11.3 Å². The van der Waals surface area contributed by atoms with Gasteiger partial charge in [0.15, 0.2) is 11.5 Å². The van der Waals surface area contributed by atoms with Crippen molar-refractivity contribution in [3.8, 4) is 17.6 Å². The lowest BCUT2D eigenvalue weighted by atomic mass is 10.1. The van der Waals surface area contributed by atoms with Crippen LogP contribution in [0.4, 0.5) is 5.69 Å². The van der Waals surface area contributed by atoms with Crippen LogP contribution in [0.2, 0.25) is 5.02 Å². The van der Waals surface area contributed by atoms with Crippen molar-refractivity contribution < 1.29 is 23.9 Å². The SMILES string of the molecule is COc1ccc(C(=O)N(Cc2ccccc2Cl)C2CC(=O)N(c3ccc(C#N)cc3)C2=O)cc1OC. The summed E-state index contributed by atoms with van der Waals surface area (Å²) in [7, 11) is 2.95. The summed E-state index contributed by atoms with van der Waals surface area (Å²) < 4.78 is 10.6. The minimum absolute atomic E-state index is 0.0117.